The molecule has 0 bridgehead atoms. The summed E-state index contributed by atoms with van der Waals surface area (Å²) in [5.41, 5.74) is 3.10. The van der Waals surface area contributed by atoms with Gasteiger partial charge in [0.25, 0.3) is 0 Å². The molecular weight excluding hydrogens is 254 g/mol. The number of unbranched alkanes of at least 4 members (excludes halogenated alkanes) is 6. The number of aryl methyl sites for hydroxylation is 3. The van der Waals surface area contributed by atoms with E-state index in [4.69, 9.17) is 0 Å². The average molecular weight is 291 g/mol. The van der Waals surface area contributed by atoms with Crippen LogP contribution in [0, 0.1) is 0 Å². The van der Waals surface area contributed by atoms with Gasteiger partial charge in [0.15, 0.2) is 12.4 Å². The van der Waals surface area contributed by atoms with Crippen LogP contribution in [0.3, 0.4) is 0 Å². The molecule has 1 heteroatoms. The van der Waals surface area contributed by atoms with Crippen LogP contribution in [0.15, 0.2) is 18.5 Å². The second kappa shape index (κ2) is 11.8. The first-order valence-electron chi connectivity index (χ1n) is 9.32. The number of rotatable bonds is 12. The van der Waals surface area contributed by atoms with Crippen molar-refractivity contribution in [2.45, 2.75) is 97.9 Å². The van der Waals surface area contributed by atoms with Crippen molar-refractivity contribution in [3.63, 3.8) is 0 Å². The Labute approximate surface area is 132 Å². The molecule has 0 amide bonds. The van der Waals surface area contributed by atoms with E-state index in [1.54, 1.807) is 11.1 Å². The van der Waals surface area contributed by atoms with Crippen molar-refractivity contribution in [1.29, 1.82) is 0 Å². The Morgan fingerprint density at radius 2 is 1.19 bits per heavy atom. The van der Waals surface area contributed by atoms with Gasteiger partial charge in [-0.3, -0.25) is 0 Å². The lowest BCUT2D eigenvalue weighted by molar-refractivity contribution is -0.697. The highest BCUT2D eigenvalue weighted by Gasteiger charge is 2.07. The summed E-state index contributed by atoms with van der Waals surface area (Å²) in [7, 11) is 0. The molecule has 0 aliphatic rings. The van der Waals surface area contributed by atoms with Crippen LogP contribution in [0.2, 0.25) is 0 Å². The molecule has 0 atom stereocenters. The Balaban J connectivity index is 2.56. The highest BCUT2D eigenvalue weighted by atomic mass is 14.9. The molecule has 0 spiro atoms. The van der Waals surface area contributed by atoms with E-state index in [2.05, 4.69) is 43.8 Å². The number of hydrogen-bond acceptors (Lipinski definition) is 0. The maximum atomic E-state index is 2.46. The zero-order valence-electron chi connectivity index (χ0n) is 14.7. The lowest BCUT2D eigenvalue weighted by atomic mass is 10.0. The fourth-order valence-electron chi connectivity index (χ4n) is 2.95. The van der Waals surface area contributed by atoms with Crippen LogP contribution >= 0.6 is 0 Å². The zero-order valence-corrected chi connectivity index (χ0v) is 14.7. The van der Waals surface area contributed by atoms with Gasteiger partial charge in [-0.15, -0.1) is 0 Å². The average Bonchev–Trinajstić information content (AvgIpc) is 2.48. The summed E-state index contributed by atoms with van der Waals surface area (Å²) in [4.78, 5) is 0. The maximum Gasteiger partial charge on any atom is 0.171 e. The van der Waals surface area contributed by atoms with Gasteiger partial charge < -0.3 is 0 Å². The summed E-state index contributed by atoms with van der Waals surface area (Å²) >= 11 is 0. The monoisotopic (exact) mass is 290 g/mol. The van der Waals surface area contributed by atoms with E-state index in [9.17, 15) is 0 Å². The van der Waals surface area contributed by atoms with Gasteiger partial charge in [-0.2, -0.15) is 0 Å². The van der Waals surface area contributed by atoms with E-state index in [0.717, 1.165) is 6.54 Å². The molecule has 1 aromatic rings. The minimum Gasteiger partial charge on any atom is -0.205 e. The lowest BCUT2D eigenvalue weighted by Gasteiger charge is -2.06. The normalized spacial score (nSPS) is 11.0. The van der Waals surface area contributed by atoms with Crippen LogP contribution < -0.4 is 4.57 Å². The topological polar surface area (TPSA) is 3.88 Å². The van der Waals surface area contributed by atoms with Crippen molar-refractivity contribution in [1.82, 2.24) is 0 Å². The van der Waals surface area contributed by atoms with Crippen LogP contribution in [-0.2, 0) is 19.4 Å². The molecule has 1 rings (SSSR count). The van der Waals surface area contributed by atoms with Crippen LogP contribution in [0.5, 0.6) is 0 Å². The molecule has 0 saturated heterocycles. The molecule has 0 aliphatic carbocycles. The number of nitrogens with zero attached hydrogens (tertiary/aromatic N) is 1. The molecule has 0 radical (unpaired) electrons. The maximum absolute atomic E-state index is 2.46. The van der Waals surface area contributed by atoms with Crippen LogP contribution in [0.25, 0.3) is 0 Å². The Bertz CT molecular complexity index is 340. The Kier molecular flexibility index (Phi) is 10.2. The second-order valence-electron chi connectivity index (χ2n) is 6.41. The van der Waals surface area contributed by atoms with Crippen molar-refractivity contribution in [3.05, 3.63) is 29.6 Å². The summed E-state index contributed by atoms with van der Waals surface area (Å²) < 4.78 is 2.42. The molecule has 0 unspecified atom stereocenters. The first-order valence-corrected chi connectivity index (χ1v) is 9.32. The third-order valence-electron chi connectivity index (χ3n) is 4.15. The van der Waals surface area contributed by atoms with Gasteiger partial charge in [-0.25, -0.2) is 4.57 Å². The van der Waals surface area contributed by atoms with Crippen LogP contribution in [-0.4, -0.2) is 0 Å². The molecule has 0 saturated carbocycles. The Hall–Kier alpha value is -0.850. The van der Waals surface area contributed by atoms with E-state index in [1.165, 1.54) is 70.6 Å². The van der Waals surface area contributed by atoms with E-state index in [1.807, 2.05) is 0 Å². The van der Waals surface area contributed by atoms with Crippen molar-refractivity contribution in [3.8, 4) is 0 Å². The van der Waals surface area contributed by atoms with E-state index in [0.29, 0.717) is 0 Å². The number of aromatic nitrogens is 1. The van der Waals surface area contributed by atoms with Crippen molar-refractivity contribution >= 4 is 0 Å². The van der Waals surface area contributed by atoms with Crippen LogP contribution in [0.1, 0.15) is 89.7 Å². The smallest absolute Gasteiger partial charge is 0.171 e. The fraction of sp³-hybridized carbons (Fsp3) is 0.750. The molecule has 21 heavy (non-hydrogen) atoms. The third kappa shape index (κ3) is 8.24. The highest BCUT2D eigenvalue weighted by Crippen LogP contribution is 2.11. The van der Waals surface area contributed by atoms with Gasteiger partial charge in [0, 0.05) is 17.5 Å². The zero-order chi connectivity index (χ0) is 15.3. The van der Waals surface area contributed by atoms with Gasteiger partial charge in [-0.05, 0) is 31.7 Å². The van der Waals surface area contributed by atoms with Gasteiger partial charge in [0.1, 0.15) is 6.54 Å². The number of pyridine rings is 1. The van der Waals surface area contributed by atoms with Gasteiger partial charge in [-0.1, -0.05) is 59.3 Å². The largest absolute Gasteiger partial charge is 0.205 e. The van der Waals surface area contributed by atoms with E-state index >= 15 is 0 Å². The van der Waals surface area contributed by atoms with E-state index < -0.39 is 0 Å². The molecule has 0 N–H and O–H groups in total. The lowest BCUT2D eigenvalue weighted by Crippen LogP contribution is -2.34. The Morgan fingerprint density at radius 1 is 0.667 bits per heavy atom. The number of hydrogen-bond donors (Lipinski definition) is 0. The van der Waals surface area contributed by atoms with Crippen LogP contribution in [0.4, 0.5) is 0 Å². The third-order valence-corrected chi connectivity index (χ3v) is 4.15. The standard InChI is InChI=1S/C20H36N/c1-4-7-9-11-13-19-16-20(14-12-10-8-5-2)18-21(17-19)15-6-3/h16-18H,4-15H2,1-3H3/q+1. The minimum absolute atomic E-state index is 1.16. The van der Waals surface area contributed by atoms with Gasteiger partial charge in [0.05, 0.1) is 0 Å². The van der Waals surface area contributed by atoms with Crippen molar-refractivity contribution in [2.75, 3.05) is 0 Å². The summed E-state index contributed by atoms with van der Waals surface area (Å²) in [6, 6.07) is 2.46. The Morgan fingerprint density at radius 3 is 1.62 bits per heavy atom. The SMILES string of the molecule is CCCCCCc1cc(CCCCCC)c[n+](CCC)c1. The molecule has 0 aliphatic heterocycles. The quantitative estimate of drug-likeness (QED) is 0.347. The molecule has 1 aromatic heterocycles. The first-order chi connectivity index (χ1) is 10.3. The first kappa shape index (κ1) is 18.2. The molecule has 1 heterocycles. The van der Waals surface area contributed by atoms with E-state index in [-0.39, 0.29) is 0 Å². The summed E-state index contributed by atoms with van der Waals surface area (Å²) in [6.07, 6.45) is 19.4. The minimum atomic E-state index is 1.16. The second-order valence-corrected chi connectivity index (χ2v) is 6.41. The molecule has 0 aromatic carbocycles. The van der Waals surface area contributed by atoms with Crippen molar-refractivity contribution in [2.24, 2.45) is 0 Å². The van der Waals surface area contributed by atoms with Gasteiger partial charge >= 0.3 is 0 Å². The molecule has 120 valence electrons. The molecule has 1 nitrogen and oxygen atoms in total. The summed E-state index contributed by atoms with van der Waals surface area (Å²) in [6.45, 7) is 7.99. The predicted molar refractivity (Wildman–Crippen MR) is 92.6 cm³/mol. The highest BCUT2D eigenvalue weighted by molar-refractivity contribution is 5.15. The fourth-order valence-corrected chi connectivity index (χ4v) is 2.95. The summed E-state index contributed by atoms with van der Waals surface area (Å²) in [5.74, 6) is 0. The molecule has 0 fully saturated rings. The molecular formula is C20H36N+. The predicted octanol–water partition coefficient (Wildman–Crippen LogP) is 5.63. The van der Waals surface area contributed by atoms with Gasteiger partial charge in [0.2, 0.25) is 0 Å². The van der Waals surface area contributed by atoms with Crippen molar-refractivity contribution < 1.29 is 4.57 Å². The summed E-state index contributed by atoms with van der Waals surface area (Å²) in [5, 5.41) is 0.